The number of esters is 1. The van der Waals surface area contributed by atoms with Crippen LogP contribution in [0.4, 0.5) is 11.4 Å². The second-order valence-corrected chi connectivity index (χ2v) is 7.37. The number of benzene rings is 3. The van der Waals surface area contributed by atoms with Crippen molar-refractivity contribution in [3.05, 3.63) is 106 Å². The molecule has 33 heavy (non-hydrogen) atoms. The van der Waals surface area contributed by atoms with Crippen LogP contribution in [-0.2, 0) is 20.9 Å². The van der Waals surface area contributed by atoms with Crippen molar-refractivity contribution in [1.82, 2.24) is 0 Å². The fourth-order valence-electron chi connectivity index (χ4n) is 3.62. The lowest BCUT2D eigenvalue weighted by Crippen LogP contribution is -2.51. The first kappa shape index (κ1) is 21.8. The van der Waals surface area contributed by atoms with E-state index in [9.17, 15) is 19.7 Å². The molecule has 0 saturated heterocycles. The van der Waals surface area contributed by atoms with Crippen LogP contribution < -0.4 is 10.9 Å². The van der Waals surface area contributed by atoms with E-state index in [-0.39, 0.29) is 12.3 Å². The van der Waals surface area contributed by atoms with Crippen LogP contribution in [0.5, 0.6) is 0 Å². The number of nitro groups is 1. The molecule has 9 heteroatoms. The van der Waals surface area contributed by atoms with Gasteiger partial charge in [0.25, 0.3) is 5.69 Å². The molecule has 1 aliphatic heterocycles. The molecule has 4 rings (SSSR count). The summed E-state index contributed by atoms with van der Waals surface area (Å²) in [5.74, 6) is 5.52. The largest absolute Gasteiger partial charge is 0.459 e. The third kappa shape index (κ3) is 4.48. The molecule has 166 valence electrons. The van der Waals surface area contributed by atoms with Crippen LogP contribution in [0.1, 0.15) is 16.7 Å². The zero-order valence-corrected chi connectivity index (χ0v) is 17.4. The van der Waals surface area contributed by atoms with Crippen LogP contribution in [0.15, 0.2) is 83.9 Å². The lowest BCUT2D eigenvalue weighted by molar-refractivity contribution is -0.384. The van der Waals surface area contributed by atoms with Gasteiger partial charge in [0.2, 0.25) is 0 Å². The monoisotopic (exact) mass is 444 g/mol. The number of rotatable bonds is 6. The quantitative estimate of drug-likeness (QED) is 0.203. The number of fused-ring (bicyclic) bond motifs is 1. The molecule has 2 atom stereocenters. The van der Waals surface area contributed by atoms with E-state index in [1.54, 1.807) is 36.4 Å². The van der Waals surface area contributed by atoms with Crippen molar-refractivity contribution in [2.45, 2.75) is 18.7 Å². The summed E-state index contributed by atoms with van der Waals surface area (Å²) in [5, 5.41) is 12.5. The number of hydrazine groups is 1. The fraction of sp³-hybridized carbons (Fsp3) is 0.125. The minimum Gasteiger partial charge on any atom is -0.459 e. The van der Waals surface area contributed by atoms with Gasteiger partial charge in [-0.25, -0.2) is 10.6 Å². The SMILES string of the molecule is NN1c2ccc([N+](=O)[O-])cc2C(c2ccccc2)=NC(C(=O)OCc2ccccc2)C1C=O. The Balaban J connectivity index is 1.81. The van der Waals surface area contributed by atoms with E-state index >= 15 is 0 Å². The molecule has 0 bridgehead atoms. The van der Waals surface area contributed by atoms with Gasteiger partial charge in [-0.15, -0.1) is 0 Å². The summed E-state index contributed by atoms with van der Waals surface area (Å²) in [6.07, 6.45) is 0.525. The van der Waals surface area contributed by atoms with Gasteiger partial charge in [0, 0.05) is 23.3 Å². The maximum atomic E-state index is 13.1. The Bertz CT molecular complexity index is 1210. The summed E-state index contributed by atoms with van der Waals surface area (Å²) in [5.41, 5.74) is 2.19. The molecule has 2 N–H and O–H groups in total. The van der Waals surface area contributed by atoms with E-state index in [1.807, 2.05) is 24.3 Å². The smallest absolute Gasteiger partial charge is 0.333 e. The van der Waals surface area contributed by atoms with Crippen molar-refractivity contribution in [3.63, 3.8) is 0 Å². The number of carbonyl (C=O) groups is 2. The van der Waals surface area contributed by atoms with Gasteiger partial charge in [-0.05, 0) is 11.6 Å². The zero-order chi connectivity index (χ0) is 23.4. The van der Waals surface area contributed by atoms with Gasteiger partial charge in [-0.3, -0.25) is 20.1 Å². The Kier molecular flexibility index (Phi) is 6.23. The number of aldehydes is 1. The lowest BCUT2D eigenvalue weighted by Gasteiger charge is -2.27. The molecular formula is C24H20N4O5. The molecule has 0 aromatic heterocycles. The lowest BCUT2D eigenvalue weighted by atomic mass is 10.00. The molecular weight excluding hydrogens is 424 g/mol. The Morgan fingerprint density at radius 2 is 1.76 bits per heavy atom. The van der Waals surface area contributed by atoms with Gasteiger partial charge in [0.1, 0.15) is 18.9 Å². The average molecular weight is 444 g/mol. The first-order valence-electron chi connectivity index (χ1n) is 10.1. The first-order chi connectivity index (χ1) is 16.0. The molecule has 0 radical (unpaired) electrons. The van der Waals surface area contributed by atoms with E-state index in [4.69, 9.17) is 10.6 Å². The van der Waals surface area contributed by atoms with E-state index in [1.165, 1.54) is 18.2 Å². The molecule has 9 nitrogen and oxygen atoms in total. The number of nitro benzene ring substituents is 1. The highest BCUT2D eigenvalue weighted by Gasteiger charge is 2.38. The molecule has 2 unspecified atom stereocenters. The summed E-state index contributed by atoms with van der Waals surface area (Å²) in [4.78, 5) is 40.5. The number of nitrogens with zero attached hydrogens (tertiary/aromatic N) is 3. The Morgan fingerprint density at radius 1 is 1.09 bits per heavy atom. The zero-order valence-electron chi connectivity index (χ0n) is 17.4. The van der Waals surface area contributed by atoms with Gasteiger partial charge in [0.15, 0.2) is 6.04 Å². The van der Waals surface area contributed by atoms with Crippen molar-refractivity contribution >= 4 is 29.3 Å². The van der Waals surface area contributed by atoms with Crippen LogP contribution in [-0.4, -0.2) is 35.0 Å². The number of aliphatic imine (C=N–C) groups is 1. The molecule has 0 aliphatic carbocycles. The molecule has 1 heterocycles. The molecule has 1 aliphatic rings. The minimum atomic E-state index is -1.28. The second-order valence-electron chi connectivity index (χ2n) is 7.37. The Labute approximate surface area is 189 Å². The van der Waals surface area contributed by atoms with Crippen LogP contribution in [0.2, 0.25) is 0 Å². The van der Waals surface area contributed by atoms with Gasteiger partial charge in [0.05, 0.1) is 16.3 Å². The molecule has 0 spiro atoms. The van der Waals surface area contributed by atoms with Crippen molar-refractivity contribution in [3.8, 4) is 0 Å². The second kappa shape index (κ2) is 9.41. The standard InChI is InChI=1S/C24H20N4O5/c25-27-20-12-11-18(28(31)32)13-19(20)22(17-9-5-2-6-10-17)26-23(21(27)14-29)24(30)33-15-16-7-3-1-4-8-16/h1-14,21,23H,15,25H2. The summed E-state index contributed by atoms with van der Waals surface area (Å²) < 4.78 is 5.45. The number of carbonyl (C=O) groups excluding carboxylic acids is 2. The van der Waals surface area contributed by atoms with Crippen molar-refractivity contribution in [1.29, 1.82) is 0 Å². The van der Waals surface area contributed by atoms with Crippen molar-refractivity contribution in [2.75, 3.05) is 5.01 Å². The predicted octanol–water partition coefficient (Wildman–Crippen LogP) is 2.81. The van der Waals surface area contributed by atoms with E-state index in [2.05, 4.69) is 4.99 Å². The topological polar surface area (TPSA) is 128 Å². The fourth-order valence-corrected chi connectivity index (χ4v) is 3.62. The van der Waals surface area contributed by atoms with Crippen LogP contribution in [0.3, 0.4) is 0 Å². The van der Waals surface area contributed by atoms with E-state index in [0.717, 1.165) is 10.6 Å². The molecule has 0 fully saturated rings. The highest BCUT2D eigenvalue weighted by atomic mass is 16.6. The summed E-state index contributed by atoms with van der Waals surface area (Å²) in [6, 6.07) is 19.6. The van der Waals surface area contributed by atoms with E-state index < -0.39 is 23.0 Å². The number of non-ortho nitro benzene ring substituents is 1. The molecule has 3 aromatic carbocycles. The number of ether oxygens (including phenoxy) is 1. The van der Waals surface area contributed by atoms with Crippen molar-refractivity contribution < 1.29 is 19.2 Å². The molecule has 3 aromatic rings. The van der Waals surface area contributed by atoms with Gasteiger partial charge in [-0.1, -0.05) is 60.7 Å². The Hall–Kier alpha value is -4.37. The summed E-state index contributed by atoms with van der Waals surface area (Å²) in [7, 11) is 0. The summed E-state index contributed by atoms with van der Waals surface area (Å²) in [6.45, 7) is 0.000925. The number of benzodiazepines with no additional fused rings is 1. The number of hydrogen-bond acceptors (Lipinski definition) is 8. The minimum absolute atomic E-state index is 0.000925. The van der Waals surface area contributed by atoms with Crippen LogP contribution in [0, 0.1) is 10.1 Å². The molecule has 0 saturated carbocycles. The number of hydrogen-bond donors (Lipinski definition) is 1. The average Bonchev–Trinajstić information content (AvgIpc) is 2.97. The normalized spacial score (nSPS) is 17.4. The van der Waals surface area contributed by atoms with Gasteiger partial charge in [-0.2, -0.15) is 0 Å². The predicted molar refractivity (Wildman–Crippen MR) is 122 cm³/mol. The number of anilines is 1. The van der Waals surface area contributed by atoms with E-state index in [0.29, 0.717) is 28.8 Å². The third-order valence-electron chi connectivity index (χ3n) is 5.29. The maximum Gasteiger partial charge on any atom is 0.333 e. The highest BCUT2D eigenvalue weighted by molar-refractivity contribution is 6.17. The van der Waals surface area contributed by atoms with Crippen LogP contribution in [0.25, 0.3) is 0 Å². The Morgan fingerprint density at radius 3 is 2.39 bits per heavy atom. The van der Waals surface area contributed by atoms with Crippen molar-refractivity contribution in [2.24, 2.45) is 10.8 Å². The summed E-state index contributed by atoms with van der Waals surface area (Å²) >= 11 is 0. The molecule has 0 amide bonds. The van der Waals surface area contributed by atoms with Gasteiger partial charge < -0.3 is 9.53 Å². The van der Waals surface area contributed by atoms with Gasteiger partial charge >= 0.3 is 5.97 Å². The van der Waals surface area contributed by atoms with Crippen LogP contribution >= 0.6 is 0 Å². The number of nitrogens with two attached hydrogens (primary N) is 1. The highest BCUT2D eigenvalue weighted by Crippen LogP contribution is 2.32. The third-order valence-corrected chi connectivity index (χ3v) is 5.29. The maximum absolute atomic E-state index is 13.1. The first-order valence-corrected chi connectivity index (χ1v) is 10.1.